The number of anilines is 2. The Morgan fingerprint density at radius 3 is 1.48 bits per heavy atom. The molecule has 0 fully saturated rings. The summed E-state index contributed by atoms with van der Waals surface area (Å²) in [6.07, 6.45) is 0. The molecule has 2 N–H and O–H groups in total. The van der Waals surface area contributed by atoms with E-state index < -0.39 is 16.7 Å². The van der Waals surface area contributed by atoms with Crippen molar-refractivity contribution in [2.75, 3.05) is 10.6 Å². The van der Waals surface area contributed by atoms with Crippen LogP contribution in [0.5, 0.6) is 0 Å². The van der Waals surface area contributed by atoms with Crippen molar-refractivity contribution in [3.05, 3.63) is 99.1 Å². The van der Waals surface area contributed by atoms with E-state index in [2.05, 4.69) is 10.6 Å². The molecule has 0 aliphatic heterocycles. The van der Waals surface area contributed by atoms with Gasteiger partial charge in [0.25, 0.3) is 17.5 Å². The zero-order chi connectivity index (χ0) is 24.1. The molecule has 3 aromatic rings. The van der Waals surface area contributed by atoms with E-state index >= 15 is 0 Å². The van der Waals surface area contributed by atoms with Gasteiger partial charge in [0.1, 0.15) is 0 Å². The number of hydrogen-bond acceptors (Lipinski definition) is 4. The molecule has 3 rings (SSSR count). The molecule has 7 nitrogen and oxygen atoms in total. The van der Waals surface area contributed by atoms with Crippen molar-refractivity contribution >= 4 is 28.9 Å². The molecule has 2 amide bonds. The Kier molecular flexibility index (Phi) is 7.23. The number of para-hydroxylation sites is 2. The van der Waals surface area contributed by atoms with Crippen molar-refractivity contribution in [3.8, 4) is 0 Å². The lowest BCUT2D eigenvalue weighted by atomic mass is 10.0. The van der Waals surface area contributed by atoms with Crippen LogP contribution in [-0.4, -0.2) is 16.7 Å². The lowest BCUT2D eigenvalue weighted by molar-refractivity contribution is -0.384. The summed E-state index contributed by atoms with van der Waals surface area (Å²) in [6.45, 7) is 8.04. The summed E-state index contributed by atoms with van der Waals surface area (Å²) in [6, 6.07) is 18.5. The first kappa shape index (κ1) is 23.7. The highest BCUT2D eigenvalue weighted by molar-refractivity contribution is 6.09. The number of benzene rings is 3. The molecule has 0 spiro atoms. The normalized spacial score (nSPS) is 10.8. The van der Waals surface area contributed by atoms with E-state index in [1.54, 1.807) is 24.3 Å². The standard InChI is InChI=1S/C26H27N3O4/c1-16(2)21-9-5-7-11-23(21)27-25(30)18-13-19(15-20(14-18)29(32)33)26(31)28-24-12-8-6-10-22(24)17(3)4/h5-17H,1-4H3,(H,27,30)(H,28,31). The molecule has 170 valence electrons. The van der Waals surface area contributed by atoms with Gasteiger partial charge in [0.15, 0.2) is 0 Å². The number of non-ortho nitro benzene ring substituents is 1. The smallest absolute Gasteiger partial charge is 0.271 e. The fourth-order valence-corrected chi connectivity index (χ4v) is 3.60. The van der Waals surface area contributed by atoms with Gasteiger partial charge in [-0.15, -0.1) is 0 Å². The van der Waals surface area contributed by atoms with Gasteiger partial charge < -0.3 is 10.6 Å². The van der Waals surface area contributed by atoms with Crippen molar-refractivity contribution in [1.82, 2.24) is 0 Å². The van der Waals surface area contributed by atoms with Gasteiger partial charge in [0, 0.05) is 34.6 Å². The van der Waals surface area contributed by atoms with Crippen LogP contribution >= 0.6 is 0 Å². The second-order valence-corrected chi connectivity index (χ2v) is 8.42. The van der Waals surface area contributed by atoms with Crippen LogP contribution in [0.25, 0.3) is 0 Å². The average molecular weight is 446 g/mol. The minimum atomic E-state index is -0.613. The van der Waals surface area contributed by atoms with E-state index in [9.17, 15) is 19.7 Å². The number of amides is 2. The summed E-state index contributed by atoms with van der Waals surface area (Å²) < 4.78 is 0. The van der Waals surface area contributed by atoms with E-state index in [1.807, 2.05) is 52.0 Å². The van der Waals surface area contributed by atoms with E-state index in [1.165, 1.54) is 18.2 Å². The molecule has 33 heavy (non-hydrogen) atoms. The number of nitrogens with zero attached hydrogens (tertiary/aromatic N) is 1. The minimum absolute atomic E-state index is 0.0325. The van der Waals surface area contributed by atoms with E-state index in [0.717, 1.165) is 11.1 Å². The summed E-state index contributed by atoms with van der Waals surface area (Å²) in [5.74, 6) is -0.699. The number of nitrogens with one attached hydrogen (secondary N) is 2. The molecular weight excluding hydrogens is 418 g/mol. The maximum atomic E-state index is 13.0. The first-order chi connectivity index (χ1) is 15.7. The summed E-state index contributed by atoms with van der Waals surface area (Å²) in [5, 5.41) is 17.1. The molecule has 0 unspecified atom stereocenters. The van der Waals surface area contributed by atoms with E-state index in [0.29, 0.717) is 11.4 Å². The summed E-state index contributed by atoms with van der Waals surface area (Å²) in [5.41, 5.74) is 2.87. The second-order valence-electron chi connectivity index (χ2n) is 8.42. The Balaban J connectivity index is 1.94. The molecule has 0 radical (unpaired) electrons. The maximum Gasteiger partial charge on any atom is 0.271 e. The van der Waals surface area contributed by atoms with Crippen LogP contribution in [0.4, 0.5) is 17.1 Å². The third kappa shape index (κ3) is 5.63. The zero-order valence-corrected chi connectivity index (χ0v) is 19.1. The van der Waals surface area contributed by atoms with Crippen LogP contribution in [0.2, 0.25) is 0 Å². The third-order valence-electron chi connectivity index (χ3n) is 5.31. The summed E-state index contributed by atoms with van der Waals surface area (Å²) >= 11 is 0. The third-order valence-corrected chi connectivity index (χ3v) is 5.31. The van der Waals surface area contributed by atoms with Crippen molar-refractivity contribution in [2.45, 2.75) is 39.5 Å². The maximum absolute atomic E-state index is 13.0. The fraction of sp³-hybridized carbons (Fsp3) is 0.231. The van der Waals surface area contributed by atoms with Crippen LogP contribution in [0.1, 0.15) is 71.4 Å². The zero-order valence-electron chi connectivity index (χ0n) is 19.1. The number of nitro benzene ring substituents is 1. The van der Waals surface area contributed by atoms with Crippen molar-refractivity contribution < 1.29 is 14.5 Å². The number of hydrogen-bond donors (Lipinski definition) is 2. The Bertz CT molecular complexity index is 1120. The fourth-order valence-electron chi connectivity index (χ4n) is 3.60. The molecule has 0 aliphatic carbocycles. The largest absolute Gasteiger partial charge is 0.322 e. The predicted octanol–water partition coefficient (Wildman–Crippen LogP) is 6.35. The highest BCUT2D eigenvalue weighted by atomic mass is 16.6. The van der Waals surface area contributed by atoms with Crippen molar-refractivity contribution in [2.24, 2.45) is 0 Å². The highest BCUT2D eigenvalue weighted by Gasteiger charge is 2.20. The van der Waals surface area contributed by atoms with Crippen LogP contribution in [0.3, 0.4) is 0 Å². The minimum Gasteiger partial charge on any atom is -0.322 e. The van der Waals surface area contributed by atoms with Crippen molar-refractivity contribution in [3.63, 3.8) is 0 Å². The molecule has 0 saturated carbocycles. The number of carbonyl (C=O) groups excluding carboxylic acids is 2. The molecule has 3 aromatic carbocycles. The van der Waals surface area contributed by atoms with Gasteiger partial charge in [0.2, 0.25) is 0 Å². The summed E-state index contributed by atoms with van der Waals surface area (Å²) in [4.78, 5) is 36.8. The number of carbonyl (C=O) groups is 2. The van der Waals surface area contributed by atoms with Gasteiger partial charge >= 0.3 is 0 Å². The van der Waals surface area contributed by atoms with Crippen LogP contribution in [0.15, 0.2) is 66.7 Å². The van der Waals surface area contributed by atoms with Gasteiger partial charge in [-0.2, -0.15) is 0 Å². The lowest BCUT2D eigenvalue weighted by Crippen LogP contribution is -2.17. The lowest BCUT2D eigenvalue weighted by Gasteiger charge is -2.15. The van der Waals surface area contributed by atoms with E-state index in [-0.39, 0.29) is 28.7 Å². The quantitative estimate of drug-likeness (QED) is 0.327. The molecule has 7 heteroatoms. The van der Waals surface area contributed by atoms with Gasteiger partial charge in [-0.25, -0.2) is 0 Å². The molecule has 0 aromatic heterocycles. The Morgan fingerprint density at radius 1 is 0.727 bits per heavy atom. The molecular formula is C26H27N3O4. The van der Waals surface area contributed by atoms with Crippen LogP contribution < -0.4 is 10.6 Å². The van der Waals surface area contributed by atoms with Crippen LogP contribution in [0, 0.1) is 10.1 Å². The molecule has 0 bridgehead atoms. The van der Waals surface area contributed by atoms with E-state index in [4.69, 9.17) is 0 Å². The highest BCUT2D eigenvalue weighted by Crippen LogP contribution is 2.27. The Hall–Kier alpha value is -4.00. The SMILES string of the molecule is CC(C)c1ccccc1NC(=O)c1cc(C(=O)Nc2ccccc2C(C)C)cc([N+](=O)[O-])c1. The molecule has 0 aliphatic rings. The first-order valence-electron chi connectivity index (χ1n) is 10.8. The molecule has 0 saturated heterocycles. The number of rotatable bonds is 7. The number of nitro groups is 1. The molecule has 0 atom stereocenters. The monoisotopic (exact) mass is 445 g/mol. The predicted molar refractivity (Wildman–Crippen MR) is 130 cm³/mol. The van der Waals surface area contributed by atoms with Crippen molar-refractivity contribution in [1.29, 1.82) is 0 Å². The van der Waals surface area contributed by atoms with Gasteiger partial charge in [-0.3, -0.25) is 19.7 Å². The van der Waals surface area contributed by atoms with Gasteiger partial charge in [-0.1, -0.05) is 64.1 Å². The first-order valence-corrected chi connectivity index (χ1v) is 10.8. The Labute approximate surface area is 193 Å². The van der Waals surface area contributed by atoms with Gasteiger partial charge in [0.05, 0.1) is 4.92 Å². The topological polar surface area (TPSA) is 101 Å². The van der Waals surface area contributed by atoms with Gasteiger partial charge in [-0.05, 0) is 41.2 Å². The van der Waals surface area contributed by atoms with Crippen LogP contribution in [-0.2, 0) is 0 Å². The second kappa shape index (κ2) is 10.1. The molecule has 0 heterocycles. The summed E-state index contributed by atoms with van der Waals surface area (Å²) in [7, 11) is 0. The average Bonchev–Trinajstić information content (AvgIpc) is 2.79. The Morgan fingerprint density at radius 2 is 1.12 bits per heavy atom.